The van der Waals surface area contributed by atoms with Gasteiger partial charge in [0.25, 0.3) is 5.91 Å². The predicted molar refractivity (Wildman–Crippen MR) is 151 cm³/mol. The molecule has 5 rings (SSSR count). The smallest absolute Gasteiger partial charge is 0.265 e. The molecule has 0 bridgehead atoms. The highest BCUT2D eigenvalue weighted by molar-refractivity contribution is 6.30. The summed E-state index contributed by atoms with van der Waals surface area (Å²) in [7, 11) is 0. The van der Waals surface area contributed by atoms with E-state index in [0.29, 0.717) is 35.1 Å². The molecule has 0 atom stereocenters. The largest absolute Gasteiger partial charge is 0.483 e. The van der Waals surface area contributed by atoms with Crippen LogP contribution in [0.1, 0.15) is 59.2 Å². The highest BCUT2D eigenvalue weighted by Gasteiger charge is 2.27. The van der Waals surface area contributed by atoms with Crippen LogP contribution >= 0.6 is 11.6 Å². The summed E-state index contributed by atoms with van der Waals surface area (Å²) in [6.07, 6.45) is 0. The van der Waals surface area contributed by atoms with Gasteiger partial charge in [0.2, 0.25) is 5.78 Å². The van der Waals surface area contributed by atoms with E-state index in [-0.39, 0.29) is 23.7 Å². The van der Waals surface area contributed by atoms with E-state index in [1.807, 2.05) is 78.2 Å². The Morgan fingerprint density at radius 2 is 1.66 bits per heavy atom. The van der Waals surface area contributed by atoms with Crippen LogP contribution in [0.2, 0.25) is 5.02 Å². The number of hydrogen-bond acceptors (Lipinski definition) is 3. The van der Waals surface area contributed by atoms with E-state index in [1.165, 1.54) is 5.56 Å². The minimum absolute atomic E-state index is 0.0173. The lowest BCUT2D eigenvalue weighted by Gasteiger charge is -2.23. The number of aromatic nitrogens is 1. The van der Waals surface area contributed by atoms with Gasteiger partial charge in [0.1, 0.15) is 5.75 Å². The van der Waals surface area contributed by atoms with Gasteiger partial charge in [-0.15, -0.1) is 0 Å². The first-order valence-corrected chi connectivity index (χ1v) is 13.1. The second kappa shape index (κ2) is 10.1. The molecule has 6 heteroatoms. The Hall–Kier alpha value is -3.83. The maximum atomic E-state index is 13.6. The summed E-state index contributed by atoms with van der Waals surface area (Å²) in [5, 5.41) is 0.624. The summed E-state index contributed by atoms with van der Waals surface area (Å²) in [6, 6.07) is 24.8. The first-order chi connectivity index (χ1) is 18.1. The Morgan fingerprint density at radius 3 is 2.37 bits per heavy atom. The molecule has 3 aromatic carbocycles. The number of carbonyl (C=O) groups excluding carboxylic acids is 2. The number of benzene rings is 3. The molecule has 1 aliphatic rings. The fourth-order valence-electron chi connectivity index (χ4n) is 4.84. The van der Waals surface area contributed by atoms with Crippen molar-refractivity contribution in [2.75, 3.05) is 11.5 Å². The molecule has 0 radical (unpaired) electrons. The van der Waals surface area contributed by atoms with Gasteiger partial charge in [0, 0.05) is 22.0 Å². The standard InChI is InChI=1S/C32H31ClN2O3/c1-21-17-25(33)13-16-29(21)38-20-30(36)35-19-26-14-15-28(34(26)18-23-7-5-6-8-27(23)35)31(37)22-9-11-24(12-10-22)32(2,3)4/h5-17H,18-20H2,1-4H3. The predicted octanol–water partition coefficient (Wildman–Crippen LogP) is 6.95. The third kappa shape index (κ3) is 5.11. The minimum Gasteiger partial charge on any atom is -0.483 e. The molecule has 4 aromatic rings. The molecule has 0 fully saturated rings. The van der Waals surface area contributed by atoms with Gasteiger partial charge in [-0.25, -0.2) is 0 Å². The van der Waals surface area contributed by atoms with Crippen LogP contribution in [0.3, 0.4) is 0 Å². The van der Waals surface area contributed by atoms with E-state index in [1.54, 1.807) is 17.0 Å². The van der Waals surface area contributed by atoms with Gasteiger partial charge < -0.3 is 14.2 Å². The summed E-state index contributed by atoms with van der Waals surface area (Å²) < 4.78 is 7.90. The van der Waals surface area contributed by atoms with Crippen LogP contribution in [0.25, 0.3) is 0 Å². The van der Waals surface area contributed by atoms with Crippen molar-refractivity contribution in [2.45, 2.75) is 46.2 Å². The molecule has 1 aromatic heterocycles. The minimum atomic E-state index is -0.160. The van der Waals surface area contributed by atoms with Gasteiger partial charge in [-0.1, -0.05) is 74.8 Å². The van der Waals surface area contributed by atoms with Crippen LogP contribution < -0.4 is 9.64 Å². The molecule has 0 aliphatic carbocycles. The van der Waals surface area contributed by atoms with E-state index in [9.17, 15) is 9.59 Å². The Labute approximate surface area is 228 Å². The number of ether oxygens (including phenoxy) is 1. The fourth-order valence-corrected chi connectivity index (χ4v) is 5.07. The van der Waals surface area contributed by atoms with E-state index < -0.39 is 0 Å². The number of carbonyl (C=O) groups is 2. The van der Waals surface area contributed by atoms with Gasteiger partial charge in [0.15, 0.2) is 6.61 Å². The molecule has 0 spiro atoms. The van der Waals surface area contributed by atoms with Gasteiger partial charge in [-0.05, 0) is 65.4 Å². The lowest BCUT2D eigenvalue weighted by molar-refractivity contribution is -0.120. The van der Waals surface area contributed by atoms with Crippen molar-refractivity contribution < 1.29 is 14.3 Å². The zero-order valence-electron chi connectivity index (χ0n) is 22.1. The average molecular weight is 527 g/mol. The summed E-state index contributed by atoms with van der Waals surface area (Å²) in [6.45, 7) is 9.10. The summed E-state index contributed by atoms with van der Waals surface area (Å²) >= 11 is 6.05. The summed E-state index contributed by atoms with van der Waals surface area (Å²) in [5.41, 5.74) is 6.02. The topological polar surface area (TPSA) is 51.5 Å². The van der Waals surface area contributed by atoms with E-state index in [4.69, 9.17) is 16.3 Å². The number of para-hydroxylation sites is 1. The second-order valence-electron chi connectivity index (χ2n) is 10.8. The Bertz CT molecular complexity index is 1510. The summed E-state index contributed by atoms with van der Waals surface area (Å²) in [4.78, 5) is 28.8. The van der Waals surface area contributed by atoms with Gasteiger partial charge in [-0.2, -0.15) is 0 Å². The van der Waals surface area contributed by atoms with E-state index in [2.05, 4.69) is 20.8 Å². The Kier molecular flexibility index (Phi) is 6.89. The number of amides is 1. The van der Waals surface area contributed by atoms with Crippen molar-refractivity contribution in [3.63, 3.8) is 0 Å². The molecule has 0 N–H and O–H groups in total. The van der Waals surface area contributed by atoms with Crippen molar-refractivity contribution in [3.05, 3.63) is 118 Å². The number of halogens is 1. The SMILES string of the molecule is Cc1cc(Cl)ccc1OCC(=O)N1Cc2ccc(C(=O)c3ccc(C(C)(C)C)cc3)n2Cc2ccccc21. The van der Waals surface area contributed by atoms with Gasteiger partial charge >= 0.3 is 0 Å². The monoisotopic (exact) mass is 526 g/mol. The van der Waals surface area contributed by atoms with E-state index in [0.717, 1.165) is 22.5 Å². The number of aryl methyl sites for hydroxylation is 1. The number of hydrogen-bond donors (Lipinski definition) is 0. The first-order valence-electron chi connectivity index (χ1n) is 12.7. The number of anilines is 1. The molecule has 0 unspecified atom stereocenters. The van der Waals surface area contributed by atoms with Crippen molar-refractivity contribution in [2.24, 2.45) is 0 Å². The Morgan fingerprint density at radius 1 is 0.921 bits per heavy atom. The maximum Gasteiger partial charge on any atom is 0.265 e. The van der Waals surface area contributed by atoms with Gasteiger partial charge in [-0.3, -0.25) is 9.59 Å². The van der Waals surface area contributed by atoms with Crippen molar-refractivity contribution in [3.8, 4) is 5.75 Å². The molecule has 38 heavy (non-hydrogen) atoms. The molecule has 2 heterocycles. The number of rotatable bonds is 5. The van der Waals surface area contributed by atoms with Crippen LogP contribution in [0.4, 0.5) is 5.69 Å². The molecule has 1 amide bonds. The van der Waals surface area contributed by atoms with Crippen LogP contribution in [0.15, 0.2) is 78.9 Å². The average Bonchev–Trinajstić information content (AvgIpc) is 3.20. The summed E-state index contributed by atoms with van der Waals surface area (Å²) in [5.74, 6) is 0.433. The zero-order valence-corrected chi connectivity index (χ0v) is 22.9. The third-order valence-electron chi connectivity index (χ3n) is 7.04. The van der Waals surface area contributed by atoms with Crippen molar-refractivity contribution >= 4 is 29.0 Å². The molecule has 0 saturated heterocycles. The van der Waals surface area contributed by atoms with E-state index >= 15 is 0 Å². The first kappa shape index (κ1) is 25.8. The second-order valence-corrected chi connectivity index (χ2v) is 11.2. The molecule has 5 nitrogen and oxygen atoms in total. The number of ketones is 1. The van der Waals surface area contributed by atoms with Crippen LogP contribution in [-0.4, -0.2) is 22.9 Å². The van der Waals surface area contributed by atoms with Crippen LogP contribution in [0, 0.1) is 6.92 Å². The lowest BCUT2D eigenvalue weighted by atomic mass is 9.86. The third-order valence-corrected chi connectivity index (χ3v) is 7.27. The van der Waals surface area contributed by atoms with Crippen molar-refractivity contribution in [1.82, 2.24) is 4.57 Å². The Balaban J connectivity index is 1.42. The zero-order chi connectivity index (χ0) is 27.0. The molecule has 1 aliphatic heterocycles. The van der Waals surface area contributed by atoms with Crippen LogP contribution in [0.5, 0.6) is 5.75 Å². The molecule has 0 saturated carbocycles. The molecular formula is C32H31ClN2O3. The highest BCUT2D eigenvalue weighted by Crippen LogP contribution is 2.31. The van der Waals surface area contributed by atoms with Crippen molar-refractivity contribution in [1.29, 1.82) is 0 Å². The normalized spacial score (nSPS) is 12.9. The number of fused-ring (bicyclic) bond motifs is 2. The highest BCUT2D eigenvalue weighted by atomic mass is 35.5. The number of nitrogens with zero attached hydrogens (tertiary/aromatic N) is 2. The molecule has 194 valence electrons. The quantitative estimate of drug-likeness (QED) is 0.264. The van der Waals surface area contributed by atoms with Gasteiger partial charge in [0.05, 0.1) is 18.8 Å². The molecular weight excluding hydrogens is 496 g/mol. The van der Waals surface area contributed by atoms with Crippen LogP contribution in [-0.2, 0) is 23.3 Å². The fraction of sp³-hybridized carbons (Fsp3) is 0.250. The maximum absolute atomic E-state index is 13.6. The lowest BCUT2D eigenvalue weighted by Crippen LogP contribution is -2.34.